The molecule has 0 saturated heterocycles. The van der Waals surface area contributed by atoms with Crippen molar-refractivity contribution in [3.8, 4) is 5.88 Å². The third kappa shape index (κ3) is 5.14. The van der Waals surface area contributed by atoms with E-state index in [2.05, 4.69) is 29.5 Å². The summed E-state index contributed by atoms with van der Waals surface area (Å²) in [6.07, 6.45) is 10.6. The Hall–Kier alpha value is -1.69. The number of carbonyl (C=O) groups excluding carboxylic acids is 1. The Kier molecular flexibility index (Phi) is 7.62. The molecule has 25 heavy (non-hydrogen) atoms. The van der Waals surface area contributed by atoms with E-state index in [0.29, 0.717) is 6.42 Å². The van der Waals surface area contributed by atoms with Crippen molar-refractivity contribution in [2.24, 2.45) is 5.73 Å². The summed E-state index contributed by atoms with van der Waals surface area (Å²) in [5, 5.41) is 1.20. The van der Waals surface area contributed by atoms with Gasteiger partial charge in [-0.2, -0.15) is 0 Å². The first-order valence-corrected chi connectivity index (χ1v) is 10.1. The summed E-state index contributed by atoms with van der Waals surface area (Å²) in [7, 11) is 0. The van der Waals surface area contributed by atoms with Gasteiger partial charge in [0.05, 0.1) is 5.39 Å². The molecule has 2 heterocycles. The molecule has 138 valence electrons. The van der Waals surface area contributed by atoms with Crippen LogP contribution in [0.5, 0.6) is 5.88 Å². The van der Waals surface area contributed by atoms with E-state index in [4.69, 9.17) is 4.74 Å². The molecule has 0 radical (unpaired) electrons. The van der Waals surface area contributed by atoms with Gasteiger partial charge in [0.2, 0.25) is 11.8 Å². The minimum absolute atomic E-state index is 0.245. The van der Waals surface area contributed by atoms with Crippen LogP contribution in [0.1, 0.15) is 69.7 Å². The summed E-state index contributed by atoms with van der Waals surface area (Å²) < 4.78 is 6.20. The fraction of sp³-hybridized carbons (Fsp3) is 0.632. The van der Waals surface area contributed by atoms with Gasteiger partial charge in [0.15, 0.2) is 0 Å². The molecule has 5 nitrogen and oxygen atoms in total. The second kappa shape index (κ2) is 9.70. The minimum atomic E-state index is -0.245. The molecule has 0 spiro atoms. The van der Waals surface area contributed by atoms with Gasteiger partial charge in [-0.25, -0.2) is 9.97 Å². The molecule has 2 aromatic heterocycles. The summed E-state index contributed by atoms with van der Waals surface area (Å²) in [5.74, 6) is 0.569. The Morgan fingerprint density at radius 1 is 1.28 bits per heavy atom. The lowest BCUT2D eigenvalue weighted by atomic mass is 9.97. The number of nitrogens with two attached hydrogens (primary N) is 1. The van der Waals surface area contributed by atoms with E-state index in [1.807, 2.05) is 11.3 Å². The van der Waals surface area contributed by atoms with Gasteiger partial charge >= 0.3 is 0 Å². The van der Waals surface area contributed by atoms with E-state index < -0.39 is 0 Å². The lowest BCUT2D eigenvalue weighted by molar-refractivity contribution is -0.117. The number of aryl methyl sites for hydroxylation is 2. The van der Waals surface area contributed by atoms with Gasteiger partial charge in [-0.1, -0.05) is 27.2 Å². The van der Waals surface area contributed by atoms with Crippen LogP contribution in [0.4, 0.5) is 0 Å². The molecular weight excluding hydrogens is 334 g/mol. The second-order valence-electron chi connectivity index (χ2n) is 6.33. The maximum absolute atomic E-state index is 9.59. The van der Waals surface area contributed by atoms with Crippen LogP contribution in [0.15, 0.2) is 6.33 Å². The molecule has 1 atom stereocenters. The lowest BCUT2D eigenvalue weighted by Gasteiger charge is -2.17. The Labute approximate surface area is 154 Å². The van der Waals surface area contributed by atoms with Gasteiger partial charge in [0.1, 0.15) is 17.3 Å². The highest BCUT2D eigenvalue weighted by Crippen LogP contribution is 2.39. The first kappa shape index (κ1) is 19.6. The van der Waals surface area contributed by atoms with Crippen molar-refractivity contribution < 1.29 is 9.53 Å². The molecule has 1 aliphatic rings. The molecule has 0 fully saturated rings. The zero-order valence-corrected chi connectivity index (χ0v) is 16.3. The van der Waals surface area contributed by atoms with Crippen LogP contribution in [-0.4, -0.2) is 22.0 Å². The highest BCUT2D eigenvalue weighted by Gasteiger charge is 2.21. The average Bonchev–Trinajstić information content (AvgIpc) is 3.01. The Bertz CT molecular complexity index is 699. The van der Waals surface area contributed by atoms with Gasteiger partial charge in [-0.05, 0) is 44.1 Å². The van der Waals surface area contributed by atoms with Gasteiger partial charge in [-0.15, -0.1) is 11.3 Å². The maximum Gasteiger partial charge on any atom is 0.225 e. The van der Waals surface area contributed by atoms with Crippen LogP contribution in [0, 0.1) is 0 Å². The van der Waals surface area contributed by atoms with Crippen molar-refractivity contribution in [2.45, 2.75) is 78.2 Å². The lowest BCUT2D eigenvalue weighted by Crippen LogP contribution is -2.16. The summed E-state index contributed by atoms with van der Waals surface area (Å²) >= 11 is 1.83. The number of ether oxygens (including phenoxy) is 1. The van der Waals surface area contributed by atoms with Crippen molar-refractivity contribution in [3.63, 3.8) is 0 Å². The number of hydrogen-bond acceptors (Lipinski definition) is 5. The first-order chi connectivity index (χ1) is 12.1. The number of nitrogens with zero attached hydrogens (tertiary/aromatic N) is 2. The third-order valence-electron chi connectivity index (χ3n) is 4.41. The van der Waals surface area contributed by atoms with Crippen molar-refractivity contribution in [3.05, 3.63) is 16.8 Å². The predicted molar refractivity (Wildman–Crippen MR) is 103 cm³/mol. The number of primary amides is 1. The van der Waals surface area contributed by atoms with Gasteiger partial charge in [0.25, 0.3) is 0 Å². The van der Waals surface area contributed by atoms with E-state index in [-0.39, 0.29) is 12.0 Å². The molecule has 0 bridgehead atoms. The minimum Gasteiger partial charge on any atom is -0.474 e. The van der Waals surface area contributed by atoms with E-state index >= 15 is 0 Å². The van der Waals surface area contributed by atoms with Crippen LogP contribution in [-0.2, 0) is 17.6 Å². The molecule has 0 aliphatic heterocycles. The first-order valence-electron chi connectivity index (χ1n) is 9.30. The average molecular weight is 364 g/mol. The van der Waals surface area contributed by atoms with E-state index in [9.17, 15) is 4.79 Å². The van der Waals surface area contributed by atoms with Crippen LogP contribution in [0.25, 0.3) is 10.2 Å². The van der Waals surface area contributed by atoms with E-state index in [1.165, 1.54) is 35.1 Å². The van der Waals surface area contributed by atoms with Gasteiger partial charge < -0.3 is 10.5 Å². The van der Waals surface area contributed by atoms with Gasteiger partial charge in [-0.3, -0.25) is 4.79 Å². The summed E-state index contributed by atoms with van der Waals surface area (Å²) in [6.45, 7) is 6.11. The van der Waals surface area contributed by atoms with Crippen molar-refractivity contribution in [2.75, 3.05) is 0 Å². The van der Waals surface area contributed by atoms with E-state index in [0.717, 1.165) is 36.4 Å². The summed E-state index contributed by atoms with van der Waals surface area (Å²) in [6, 6.07) is 0. The number of rotatable bonds is 6. The van der Waals surface area contributed by atoms with Crippen molar-refractivity contribution in [1.82, 2.24) is 9.97 Å². The molecule has 0 saturated carbocycles. The Morgan fingerprint density at radius 3 is 2.64 bits per heavy atom. The molecule has 2 aromatic rings. The van der Waals surface area contributed by atoms with Crippen LogP contribution < -0.4 is 10.5 Å². The van der Waals surface area contributed by atoms with Crippen LogP contribution in [0.2, 0.25) is 0 Å². The van der Waals surface area contributed by atoms with Crippen LogP contribution >= 0.6 is 11.3 Å². The van der Waals surface area contributed by atoms with Crippen molar-refractivity contribution in [1.29, 1.82) is 0 Å². The molecule has 0 aromatic carbocycles. The van der Waals surface area contributed by atoms with Crippen molar-refractivity contribution >= 4 is 27.5 Å². The number of carbonyl (C=O) groups is 1. The second-order valence-corrected chi connectivity index (χ2v) is 7.41. The highest BCUT2D eigenvalue weighted by atomic mass is 32.1. The number of aromatic nitrogens is 2. The molecule has 3 rings (SSSR count). The maximum atomic E-state index is 9.59. The topological polar surface area (TPSA) is 78.1 Å². The Morgan fingerprint density at radius 2 is 2.00 bits per heavy atom. The number of amides is 1. The number of hydrogen-bond donors (Lipinski definition) is 1. The third-order valence-corrected chi connectivity index (χ3v) is 5.61. The fourth-order valence-electron chi connectivity index (χ4n) is 2.98. The zero-order chi connectivity index (χ0) is 18.2. The molecule has 1 amide bonds. The standard InChI is InChI=1S/C16H22N2OS.C3H7NO/c1-3-7-11(4-2)19-15-14-12-8-5-6-9-13(12)20-16(14)18-10-17-15;1-2-3(4)5/h10-11H,3-9H2,1-2H3;2H2,1H3,(H2,4,5). The molecule has 1 unspecified atom stereocenters. The normalized spacial score (nSPS) is 14.4. The predicted octanol–water partition coefficient (Wildman–Crippen LogP) is 4.41. The fourth-order valence-corrected chi connectivity index (χ4v) is 4.20. The SMILES string of the molecule is CCC(N)=O.CCCC(CC)Oc1ncnc2sc3c(c12)CCCC3. The largest absolute Gasteiger partial charge is 0.474 e. The number of thiophene rings is 1. The molecule has 2 N–H and O–H groups in total. The zero-order valence-electron chi connectivity index (χ0n) is 15.5. The highest BCUT2D eigenvalue weighted by molar-refractivity contribution is 7.18. The quantitative estimate of drug-likeness (QED) is 0.824. The number of fused-ring (bicyclic) bond motifs is 3. The molecule has 6 heteroatoms. The summed E-state index contributed by atoms with van der Waals surface area (Å²) in [4.78, 5) is 21.1. The molecule has 1 aliphatic carbocycles. The summed E-state index contributed by atoms with van der Waals surface area (Å²) in [5.41, 5.74) is 6.11. The Balaban J connectivity index is 0.000000399. The van der Waals surface area contributed by atoms with Gasteiger partial charge in [0, 0.05) is 11.3 Å². The molecular formula is C19H29N3O2S. The monoisotopic (exact) mass is 363 g/mol. The van der Waals surface area contributed by atoms with Crippen LogP contribution in [0.3, 0.4) is 0 Å². The smallest absolute Gasteiger partial charge is 0.225 e. The van der Waals surface area contributed by atoms with E-state index in [1.54, 1.807) is 13.3 Å².